The fourth-order valence-electron chi connectivity index (χ4n) is 5.23. The van der Waals surface area contributed by atoms with E-state index in [1.807, 2.05) is 47.2 Å². The van der Waals surface area contributed by atoms with Gasteiger partial charge in [0.1, 0.15) is 5.66 Å². The minimum Gasteiger partial charge on any atom is -0.369 e. The third-order valence-electron chi connectivity index (χ3n) is 6.74. The van der Waals surface area contributed by atoms with E-state index in [9.17, 15) is 0 Å². The van der Waals surface area contributed by atoms with Crippen LogP contribution in [0.15, 0.2) is 83.0 Å². The maximum absolute atomic E-state index is 6.44. The highest BCUT2D eigenvalue weighted by molar-refractivity contribution is 6.05. The van der Waals surface area contributed by atoms with E-state index in [-0.39, 0.29) is 5.96 Å². The Morgan fingerprint density at radius 1 is 0.853 bits per heavy atom. The molecular weight excluding hydrogens is 424 g/mol. The van der Waals surface area contributed by atoms with Gasteiger partial charge in [-0.15, -0.1) is 0 Å². The standard InChI is InChI=1S/C26H26N8/c27-24-31-25(28)33(26(32-24)13-5-2-6-14-26)20-11-7-10-19(16-20)22-12-15-29-23-21(17-30-34(22)23)18-8-3-1-4-9-18/h1,3-4,7-12,15-17H,2,5-6,13-14H2,(H4,27,28,31,32). The minimum atomic E-state index is -0.480. The van der Waals surface area contributed by atoms with Crippen molar-refractivity contribution in [3.63, 3.8) is 0 Å². The van der Waals surface area contributed by atoms with E-state index in [1.54, 1.807) is 0 Å². The van der Waals surface area contributed by atoms with Crippen molar-refractivity contribution in [1.29, 1.82) is 0 Å². The van der Waals surface area contributed by atoms with Gasteiger partial charge in [-0.25, -0.2) is 14.5 Å². The molecule has 4 N–H and O–H groups in total. The van der Waals surface area contributed by atoms with Crippen molar-refractivity contribution in [2.24, 2.45) is 21.5 Å². The Morgan fingerprint density at radius 2 is 1.65 bits per heavy atom. The molecule has 8 heteroatoms. The molecule has 34 heavy (non-hydrogen) atoms. The van der Waals surface area contributed by atoms with E-state index in [0.717, 1.165) is 59.4 Å². The van der Waals surface area contributed by atoms with Crippen LogP contribution in [0.1, 0.15) is 32.1 Å². The number of rotatable bonds is 3. The van der Waals surface area contributed by atoms with Crippen molar-refractivity contribution in [2.75, 3.05) is 4.90 Å². The number of nitrogens with zero attached hydrogens (tertiary/aromatic N) is 6. The molecule has 1 fully saturated rings. The predicted octanol–water partition coefficient (Wildman–Crippen LogP) is 4.17. The SMILES string of the molecule is NC1=NC2(CCCCC2)N(c2cccc(-c3ccnc4c(-c5ccccc5)cnn34)c2)C(N)=N1. The summed E-state index contributed by atoms with van der Waals surface area (Å²) in [7, 11) is 0. The quantitative estimate of drug-likeness (QED) is 0.487. The topological polar surface area (TPSA) is 110 Å². The predicted molar refractivity (Wildman–Crippen MR) is 135 cm³/mol. The highest BCUT2D eigenvalue weighted by Gasteiger charge is 2.42. The van der Waals surface area contributed by atoms with Gasteiger partial charge >= 0.3 is 0 Å². The third kappa shape index (κ3) is 3.30. The van der Waals surface area contributed by atoms with Gasteiger partial charge in [0.05, 0.1) is 11.9 Å². The van der Waals surface area contributed by atoms with Gasteiger partial charge in [-0.2, -0.15) is 10.1 Å². The van der Waals surface area contributed by atoms with Gasteiger partial charge < -0.3 is 11.5 Å². The van der Waals surface area contributed by atoms with E-state index in [0.29, 0.717) is 5.96 Å². The first kappa shape index (κ1) is 20.4. The Labute approximate surface area is 197 Å². The first-order valence-corrected chi connectivity index (χ1v) is 11.6. The van der Waals surface area contributed by atoms with Gasteiger partial charge in [-0.1, -0.05) is 48.9 Å². The van der Waals surface area contributed by atoms with Crippen molar-refractivity contribution in [3.05, 3.63) is 73.1 Å². The maximum atomic E-state index is 6.44. The second-order valence-corrected chi connectivity index (χ2v) is 8.86. The molecule has 2 aromatic carbocycles. The average molecular weight is 451 g/mol. The summed E-state index contributed by atoms with van der Waals surface area (Å²) in [5.41, 5.74) is 17.8. The summed E-state index contributed by atoms with van der Waals surface area (Å²) in [5.74, 6) is 0.643. The van der Waals surface area contributed by atoms with E-state index >= 15 is 0 Å². The zero-order valence-electron chi connectivity index (χ0n) is 18.8. The number of benzene rings is 2. The van der Waals surface area contributed by atoms with Crippen molar-refractivity contribution in [2.45, 2.75) is 37.8 Å². The summed E-state index contributed by atoms with van der Waals surface area (Å²) in [6.07, 6.45) is 8.85. The van der Waals surface area contributed by atoms with Crippen LogP contribution in [-0.2, 0) is 0 Å². The lowest BCUT2D eigenvalue weighted by Crippen LogP contribution is -2.58. The molecule has 0 unspecified atom stereocenters. The lowest BCUT2D eigenvalue weighted by atomic mass is 9.87. The molecular formula is C26H26N8. The number of anilines is 1. The fourth-order valence-corrected chi connectivity index (χ4v) is 5.23. The number of hydrogen-bond donors (Lipinski definition) is 2. The summed E-state index contributed by atoms with van der Waals surface area (Å²) in [5, 5.41) is 4.68. The van der Waals surface area contributed by atoms with Crippen LogP contribution in [0.5, 0.6) is 0 Å². The molecule has 8 nitrogen and oxygen atoms in total. The Bertz CT molecular complexity index is 1410. The van der Waals surface area contributed by atoms with Crippen LogP contribution in [0.3, 0.4) is 0 Å². The van der Waals surface area contributed by atoms with E-state index in [4.69, 9.17) is 16.5 Å². The van der Waals surface area contributed by atoms with E-state index < -0.39 is 5.66 Å². The Kier molecular flexibility index (Phi) is 4.79. The normalized spacial score (nSPS) is 17.6. The molecule has 1 spiro atoms. The lowest BCUT2D eigenvalue weighted by molar-refractivity contribution is 0.305. The highest BCUT2D eigenvalue weighted by atomic mass is 15.4. The second-order valence-electron chi connectivity index (χ2n) is 8.86. The van der Waals surface area contributed by atoms with Crippen LogP contribution < -0.4 is 16.4 Å². The zero-order valence-corrected chi connectivity index (χ0v) is 18.8. The fraction of sp³-hybridized carbons (Fsp3) is 0.231. The number of nitrogens with two attached hydrogens (primary N) is 2. The Hall–Kier alpha value is -4.20. The van der Waals surface area contributed by atoms with E-state index in [2.05, 4.69) is 50.3 Å². The molecule has 4 aromatic rings. The molecule has 0 atom stereocenters. The lowest BCUT2D eigenvalue weighted by Gasteiger charge is -2.45. The van der Waals surface area contributed by atoms with Gasteiger partial charge in [0.25, 0.3) is 0 Å². The van der Waals surface area contributed by atoms with Crippen LogP contribution in [0.2, 0.25) is 0 Å². The van der Waals surface area contributed by atoms with Crippen molar-refractivity contribution >= 4 is 23.3 Å². The monoisotopic (exact) mass is 450 g/mol. The van der Waals surface area contributed by atoms with Crippen molar-refractivity contribution in [1.82, 2.24) is 14.6 Å². The van der Waals surface area contributed by atoms with Gasteiger partial charge in [0.15, 0.2) is 5.65 Å². The largest absolute Gasteiger partial charge is 0.369 e. The van der Waals surface area contributed by atoms with E-state index in [1.165, 1.54) is 6.42 Å². The van der Waals surface area contributed by atoms with Crippen LogP contribution in [0.4, 0.5) is 5.69 Å². The number of aromatic nitrogens is 3. The number of aliphatic imine (C=N–C) groups is 2. The molecule has 1 saturated carbocycles. The first-order chi connectivity index (χ1) is 16.6. The summed E-state index contributed by atoms with van der Waals surface area (Å²) in [4.78, 5) is 15.8. The number of fused-ring (bicyclic) bond motifs is 1. The van der Waals surface area contributed by atoms with Gasteiger partial charge in [0.2, 0.25) is 11.9 Å². The van der Waals surface area contributed by atoms with Gasteiger partial charge in [-0.05, 0) is 49.4 Å². The molecule has 170 valence electrons. The molecule has 3 heterocycles. The zero-order chi connectivity index (χ0) is 23.1. The molecule has 2 aromatic heterocycles. The number of hydrogen-bond acceptors (Lipinski definition) is 7. The Morgan fingerprint density at radius 3 is 2.47 bits per heavy atom. The molecule has 0 saturated heterocycles. The minimum absolute atomic E-state index is 0.257. The smallest absolute Gasteiger partial charge is 0.220 e. The highest BCUT2D eigenvalue weighted by Crippen LogP contribution is 2.40. The molecule has 6 rings (SSSR count). The summed E-state index contributed by atoms with van der Waals surface area (Å²) < 4.78 is 1.89. The van der Waals surface area contributed by atoms with Gasteiger partial charge in [0, 0.05) is 23.0 Å². The molecule has 0 radical (unpaired) electrons. The van der Waals surface area contributed by atoms with Crippen LogP contribution >= 0.6 is 0 Å². The molecule has 0 bridgehead atoms. The van der Waals surface area contributed by atoms with Gasteiger partial charge in [-0.3, -0.25) is 4.90 Å². The van der Waals surface area contributed by atoms with Crippen molar-refractivity contribution in [3.8, 4) is 22.4 Å². The molecule has 1 aliphatic carbocycles. The Balaban J connectivity index is 1.45. The number of guanidine groups is 2. The summed E-state index contributed by atoms with van der Waals surface area (Å²) in [6.45, 7) is 0. The van der Waals surface area contributed by atoms with Crippen molar-refractivity contribution < 1.29 is 0 Å². The second kappa shape index (κ2) is 7.98. The molecule has 2 aliphatic rings. The summed E-state index contributed by atoms with van der Waals surface area (Å²) in [6, 6.07) is 20.4. The first-order valence-electron chi connectivity index (χ1n) is 11.6. The van der Waals surface area contributed by atoms with Crippen LogP contribution in [0.25, 0.3) is 28.0 Å². The third-order valence-corrected chi connectivity index (χ3v) is 6.74. The average Bonchev–Trinajstić information content (AvgIpc) is 3.29. The summed E-state index contributed by atoms with van der Waals surface area (Å²) >= 11 is 0. The van der Waals surface area contributed by atoms with Crippen LogP contribution in [-0.4, -0.2) is 32.2 Å². The molecule has 0 amide bonds. The molecule has 1 aliphatic heterocycles. The van der Waals surface area contributed by atoms with Crippen LogP contribution in [0, 0.1) is 0 Å². The maximum Gasteiger partial charge on any atom is 0.220 e.